The van der Waals surface area contributed by atoms with Gasteiger partial charge in [-0.3, -0.25) is 4.79 Å². The van der Waals surface area contributed by atoms with Crippen LogP contribution in [0, 0.1) is 0 Å². The summed E-state index contributed by atoms with van der Waals surface area (Å²) in [5, 5.41) is 21.2. The molecule has 1 atom stereocenters. The van der Waals surface area contributed by atoms with Crippen molar-refractivity contribution in [1.29, 1.82) is 0 Å². The quantitative estimate of drug-likeness (QED) is 0.762. The first-order valence-electron chi connectivity index (χ1n) is 3.93. The molecule has 0 bridgehead atoms. The molecule has 0 spiro atoms. The van der Waals surface area contributed by atoms with Crippen LogP contribution in [0.2, 0.25) is 0 Å². The summed E-state index contributed by atoms with van der Waals surface area (Å²) in [6.07, 6.45) is 0. The van der Waals surface area contributed by atoms with Gasteiger partial charge in [-0.1, -0.05) is 0 Å². The summed E-state index contributed by atoms with van der Waals surface area (Å²) in [4.78, 5) is 22.4. The zero-order valence-corrected chi connectivity index (χ0v) is 9.84. The minimum atomic E-state index is -1.27. The van der Waals surface area contributed by atoms with Crippen LogP contribution in [0.1, 0.15) is 9.67 Å². The summed E-state index contributed by atoms with van der Waals surface area (Å²) in [7, 11) is 0. The van der Waals surface area contributed by atoms with Gasteiger partial charge in [0, 0.05) is 4.47 Å². The fourth-order valence-electron chi connectivity index (χ4n) is 0.865. The van der Waals surface area contributed by atoms with Gasteiger partial charge in [0.05, 0.1) is 6.61 Å². The number of amides is 1. The fourth-order valence-corrected chi connectivity index (χ4v) is 2.32. The Morgan fingerprint density at radius 3 is 2.67 bits per heavy atom. The number of aliphatic carboxylic acids is 1. The van der Waals surface area contributed by atoms with Crippen LogP contribution in [0.4, 0.5) is 0 Å². The third-order valence-corrected chi connectivity index (χ3v) is 3.45. The highest BCUT2D eigenvalue weighted by atomic mass is 79.9. The van der Waals surface area contributed by atoms with Crippen molar-refractivity contribution >= 4 is 39.1 Å². The molecule has 1 unspecified atom stereocenters. The molecule has 0 radical (unpaired) electrons. The van der Waals surface area contributed by atoms with Crippen LogP contribution in [0.3, 0.4) is 0 Å². The second-order valence-corrected chi connectivity index (χ2v) is 4.41. The second kappa shape index (κ2) is 5.24. The minimum absolute atomic E-state index is 0.384. The Hall–Kier alpha value is -0.920. The van der Waals surface area contributed by atoms with Gasteiger partial charge in [0.2, 0.25) is 0 Å². The van der Waals surface area contributed by atoms with Crippen LogP contribution in [0.5, 0.6) is 0 Å². The van der Waals surface area contributed by atoms with Gasteiger partial charge in [0.25, 0.3) is 5.91 Å². The number of aliphatic hydroxyl groups is 1. The van der Waals surface area contributed by atoms with Crippen LogP contribution < -0.4 is 5.32 Å². The van der Waals surface area contributed by atoms with Gasteiger partial charge in [-0.25, -0.2) is 4.79 Å². The molecule has 0 fully saturated rings. The maximum Gasteiger partial charge on any atom is 0.328 e. The van der Waals surface area contributed by atoms with E-state index in [1.807, 2.05) is 0 Å². The standard InChI is InChI=1S/C8H8BrNO4S/c9-4-1-2-15-6(4)7(12)10-5(3-11)8(13)14/h1-2,5,11H,3H2,(H,10,12)(H,13,14). The van der Waals surface area contributed by atoms with E-state index in [1.165, 1.54) is 11.3 Å². The third-order valence-electron chi connectivity index (χ3n) is 1.61. The molecule has 3 N–H and O–H groups in total. The molecule has 7 heteroatoms. The number of aliphatic hydroxyl groups excluding tert-OH is 1. The van der Waals surface area contributed by atoms with Crippen LogP contribution in [-0.4, -0.2) is 34.7 Å². The highest BCUT2D eigenvalue weighted by Gasteiger charge is 2.21. The first-order chi connectivity index (χ1) is 7.06. The molecule has 82 valence electrons. The average Bonchev–Trinajstić information content (AvgIpc) is 2.60. The molecule has 0 aliphatic carbocycles. The number of carbonyl (C=O) groups is 2. The number of halogens is 1. The smallest absolute Gasteiger partial charge is 0.328 e. The van der Waals surface area contributed by atoms with Gasteiger partial charge in [-0.2, -0.15) is 0 Å². The van der Waals surface area contributed by atoms with Gasteiger partial charge in [0.15, 0.2) is 6.04 Å². The third kappa shape index (κ3) is 3.01. The zero-order chi connectivity index (χ0) is 11.4. The fraction of sp³-hybridized carbons (Fsp3) is 0.250. The lowest BCUT2D eigenvalue weighted by molar-refractivity contribution is -0.140. The van der Waals surface area contributed by atoms with E-state index in [0.717, 1.165) is 0 Å². The van der Waals surface area contributed by atoms with Crippen molar-refractivity contribution in [2.24, 2.45) is 0 Å². The molecule has 15 heavy (non-hydrogen) atoms. The molecule has 1 aromatic heterocycles. The predicted molar refractivity (Wildman–Crippen MR) is 58.0 cm³/mol. The molecule has 0 saturated heterocycles. The summed E-state index contributed by atoms with van der Waals surface area (Å²) in [6.45, 7) is -0.635. The number of carboxylic acids is 1. The van der Waals surface area contributed by atoms with E-state index in [1.54, 1.807) is 11.4 Å². The van der Waals surface area contributed by atoms with Crippen molar-refractivity contribution in [3.05, 3.63) is 20.8 Å². The molecule has 0 aliphatic rings. The maximum atomic E-state index is 11.5. The lowest BCUT2D eigenvalue weighted by Gasteiger charge is -2.10. The van der Waals surface area contributed by atoms with Crippen LogP contribution in [-0.2, 0) is 4.79 Å². The number of rotatable bonds is 4. The molecular formula is C8H8BrNO4S. The maximum absolute atomic E-state index is 11.5. The largest absolute Gasteiger partial charge is 0.480 e. The Kier molecular flexibility index (Phi) is 4.25. The monoisotopic (exact) mass is 293 g/mol. The predicted octanol–water partition coefficient (Wildman–Crippen LogP) is 0.686. The Bertz CT molecular complexity index is 378. The first-order valence-corrected chi connectivity index (χ1v) is 5.61. The number of hydrogen-bond acceptors (Lipinski definition) is 4. The highest BCUT2D eigenvalue weighted by molar-refractivity contribution is 9.10. The molecule has 1 heterocycles. The number of carbonyl (C=O) groups excluding carboxylic acids is 1. The molecule has 0 saturated carbocycles. The molecule has 1 amide bonds. The van der Waals surface area contributed by atoms with Crippen molar-refractivity contribution in [2.75, 3.05) is 6.61 Å². The zero-order valence-electron chi connectivity index (χ0n) is 7.44. The van der Waals surface area contributed by atoms with E-state index in [9.17, 15) is 9.59 Å². The van der Waals surface area contributed by atoms with Gasteiger partial charge in [-0.05, 0) is 27.4 Å². The Morgan fingerprint density at radius 1 is 1.60 bits per heavy atom. The summed E-state index contributed by atoms with van der Waals surface area (Å²) in [5.41, 5.74) is 0. The topological polar surface area (TPSA) is 86.6 Å². The number of thiophene rings is 1. The number of carboxylic acid groups (broad SMARTS) is 1. The first kappa shape index (κ1) is 12.2. The lowest BCUT2D eigenvalue weighted by atomic mass is 10.3. The van der Waals surface area contributed by atoms with E-state index in [-0.39, 0.29) is 0 Å². The molecule has 1 rings (SSSR count). The van der Waals surface area contributed by atoms with Crippen LogP contribution in [0.25, 0.3) is 0 Å². The molecule has 1 aromatic rings. The van der Waals surface area contributed by atoms with E-state index in [0.29, 0.717) is 9.35 Å². The van der Waals surface area contributed by atoms with Gasteiger partial charge >= 0.3 is 5.97 Å². The highest BCUT2D eigenvalue weighted by Crippen LogP contribution is 2.22. The van der Waals surface area contributed by atoms with E-state index < -0.39 is 24.5 Å². The molecule has 5 nitrogen and oxygen atoms in total. The Balaban J connectivity index is 2.71. The van der Waals surface area contributed by atoms with Gasteiger partial charge in [-0.15, -0.1) is 11.3 Å². The molecular weight excluding hydrogens is 286 g/mol. The average molecular weight is 294 g/mol. The molecule has 0 aliphatic heterocycles. The summed E-state index contributed by atoms with van der Waals surface area (Å²) in [5.74, 6) is -1.78. The number of nitrogens with one attached hydrogen (secondary N) is 1. The van der Waals surface area contributed by atoms with Crippen LogP contribution >= 0.6 is 27.3 Å². The van der Waals surface area contributed by atoms with E-state index in [4.69, 9.17) is 10.2 Å². The number of hydrogen-bond donors (Lipinski definition) is 3. The normalized spacial score (nSPS) is 12.1. The van der Waals surface area contributed by atoms with Crippen molar-refractivity contribution in [1.82, 2.24) is 5.32 Å². The van der Waals surface area contributed by atoms with Crippen molar-refractivity contribution in [3.8, 4) is 0 Å². The van der Waals surface area contributed by atoms with Gasteiger partial charge in [0.1, 0.15) is 4.88 Å². The SMILES string of the molecule is O=C(NC(CO)C(=O)O)c1sccc1Br. The lowest BCUT2D eigenvalue weighted by Crippen LogP contribution is -2.43. The van der Waals surface area contributed by atoms with Crippen molar-refractivity contribution < 1.29 is 19.8 Å². The summed E-state index contributed by atoms with van der Waals surface area (Å²) < 4.78 is 0.604. The summed E-state index contributed by atoms with van der Waals surface area (Å²) in [6, 6.07) is 0.417. The van der Waals surface area contributed by atoms with E-state index >= 15 is 0 Å². The van der Waals surface area contributed by atoms with Crippen LogP contribution in [0.15, 0.2) is 15.9 Å². The van der Waals surface area contributed by atoms with Crippen molar-refractivity contribution in [3.63, 3.8) is 0 Å². The second-order valence-electron chi connectivity index (χ2n) is 2.64. The van der Waals surface area contributed by atoms with Gasteiger partial charge < -0.3 is 15.5 Å². The Morgan fingerprint density at radius 2 is 2.27 bits per heavy atom. The molecule has 0 aromatic carbocycles. The van der Waals surface area contributed by atoms with E-state index in [2.05, 4.69) is 21.2 Å². The Labute approximate surface area is 97.9 Å². The summed E-state index contributed by atoms with van der Waals surface area (Å²) >= 11 is 4.34. The minimum Gasteiger partial charge on any atom is -0.480 e. The van der Waals surface area contributed by atoms with Crippen molar-refractivity contribution in [2.45, 2.75) is 6.04 Å².